The van der Waals surface area contributed by atoms with Crippen molar-refractivity contribution in [1.29, 1.82) is 0 Å². The van der Waals surface area contributed by atoms with Crippen LogP contribution in [0.5, 0.6) is 17.2 Å². The third-order valence-electron chi connectivity index (χ3n) is 7.91. The van der Waals surface area contributed by atoms with Crippen molar-refractivity contribution in [3.05, 3.63) is 89.5 Å². The molecule has 4 atom stereocenters. The van der Waals surface area contributed by atoms with E-state index in [1.807, 2.05) is 37.3 Å². The number of benzene rings is 3. The van der Waals surface area contributed by atoms with Crippen molar-refractivity contribution >= 4 is 23.7 Å². The van der Waals surface area contributed by atoms with E-state index in [9.17, 15) is 14.4 Å². The Balaban J connectivity index is 1.64. The van der Waals surface area contributed by atoms with E-state index in [0.717, 1.165) is 5.56 Å². The molecule has 0 saturated carbocycles. The Morgan fingerprint density at radius 3 is 2.27 bits per heavy atom. The molecule has 0 bridgehead atoms. The molecule has 1 amide bonds. The first-order valence-corrected chi connectivity index (χ1v) is 16.0. The van der Waals surface area contributed by atoms with Crippen LogP contribution in [0.25, 0.3) is 0 Å². The van der Waals surface area contributed by atoms with Gasteiger partial charge in [0.1, 0.15) is 36.1 Å². The van der Waals surface area contributed by atoms with E-state index >= 15 is 0 Å². The number of carbonyl (C=O) groups is 3. The Morgan fingerprint density at radius 1 is 0.959 bits per heavy atom. The summed E-state index contributed by atoms with van der Waals surface area (Å²) in [5.74, 6) is -0.216. The smallest absolute Gasteiger partial charge is 0.335 e. The highest BCUT2D eigenvalue weighted by Gasteiger charge is 2.41. The Bertz CT molecular complexity index is 1640. The molecule has 1 heterocycles. The number of amides is 1. The minimum Gasteiger partial charge on any atom is -0.497 e. The quantitative estimate of drug-likeness (QED) is 0.230. The molecule has 0 unspecified atom stereocenters. The summed E-state index contributed by atoms with van der Waals surface area (Å²) >= 11 is 0. The third kappa shape index (κ3) is 9.50. The molecule has 3 aromatic rings. The molecule has 0 saturated heterocycles. The van der Waals surface area contributed by atoms with E-state index in [4.69, 9.17) is 34.2 Å². The molecule has 0 aromatic heterocycles. The molecule has 1 aliphatic heterocycles. The number of nitrogens with zero attached hydrogens (tertiary/aromatic N) is 1. The average Bonchev–Trinajstić information content (AvgIpc) is 3.54. The van der Waals surface area contributed by atoms with Crippen LogP contribution in [0.4, 0.5) is 0 Å². The van der Waals surface area contributed by atoms with E-state index in [1.54, 1.807) is 77.3 Å². The van der Waals surface area contributed by atoms with Gasteiger partial charge >= 0.3 is 11.9 Å². The van der Waals surface area contributed by atoms with Gasteiger partial charge in [-0.3, -0.25) is 9.59 Å². The van der Waals surface area contributed by atoms with Crippen LogP contribution in [0.1, 0.15) is 63.8 Å². The van der Waals surface area contributed by atoms with Gasteiger partial charge in [0.05, 0.1) is 14.2 Å². The van der Waals surface area contributed by atoms with E-state index in [0.29, 0.717) is 29.0 Å². The summed E-state index contributed by atoms with van der Waals surface area (Å²) in [6, 6.07) is 19.7. The molecule has 12 nitrogen and oxygen atoms in total. The Hall–Kier alpha value is -5.10. The molecule has 0 radical (unpaired) electrons. The number of nitrogens with one attached hydrogen (secondary N) is 1. The van der Waals surface area contributed by atoms with Crippen LogP contribution in [-0.2, 0) is 35.2 Å². The molecule has 0 fully saturated rings. The molecule has 3 aromatic carbocycles. The summed E-state index contributed by atoms with van der Waals surface area (Å²) in [7, 11) is 2.86. The van der Waals surface area contributed by atoms with Crippen molar-refractivity contribution in [2.45, 2.75) is 77.0 Å². The standard InChI is InChI=1S/C37H45N3O9/c1-8-37(5,32(38)33(42)39-21-29(41)49-36(2,3)4)48-28-20-25(16-19-27(28)46-22-23-12-10-9-11-13-23)31-30(35(43)45-7)40-34(47-31)24-14-17-26(44-6)18-15-24/h9-20,30-32H,8,21-22,38H2,1-7H3,(H,39,42)/t30-,31+,32+,37+/m0/s1. The van der Waals surface area contributed by atoms with Crippen LogP contribution in [0.15, 0.2) is 77.8 Å². The van der Waals surface area contributed by atoms with Crippen LogP contribution >= 0.6 is 0 Å². The van der Waals surface area contributed by atoms with Crippen molar-refractivity contribution in [2.75, 3.05) is 20.8 Å². The van der Waals surface area contributed by atoms with Gasteiger partial charge in [-0.05, 0) is 81.6 Å². The van der Waals surface area contributed by atoms with Gasteiger partial charge < -0.3 is 39.5 Å². The molecule has 0 aliphatic carbocycles. The van der Waals surface area contributed by atoms with Crippen LogP contribution in [0.3, 0.4) is 0 Å². The van der Waals surface area contributed by atoms with Crippen molar-refractivity contribution in [1.82, 2.24) is 5.32 Å². The zero-order valence-electron chi connectivity index (χ0n) is 29.0. The van der Waals surface area contributed by atoms with Gasteiger partial charge in [-0.25, -0.2) is 9.79 Å². The topological polar surface area (TPSA) is 157 Å². The average molecular weight is 676 g/mol. The van der Waals surface area contributed by atoms with E-state index in [1.165, 1.54) is 7.11 Å². The normalized spacial score (nSPS) is 17.4. The zero-order chi connectivity index (χ0) is 35.8. The first-order valence-electron chi connectivity index (χ1n) is 16.0. The number of carbonyl (C=O) groups excluding carboxylic acids is 3. The predicted molar refractivity (Wildman–Crippen MR) is 183 cm³/mol. The fourth-order valence-corrected chi connectivity index (χ4v) is 5.00. The van der Waals surface area contributed by atoms with Gasteiger partial charge in [-0.1, -0.05) is 43.3 Å². The van der Waals surface area contributed by atoms with Crippen molar-refractivity contribution < 1.29 is 42.8 Å². The van der Waals surface area contributed by atoms with Crippen LogP contribution in [-0.4, -0.2) is 67.8 Å². The lowest BCUT2D eigenvalue weighted by Crippen LogP contribution is -2.58. The monoisotopic (exact) mass is 675 g/mol. The Kier molecular flexibility index (Phi) is 11.9. The summed E-state index contributed by atoms with van der Waals surface area (Å²) in [6.45, 7) is 8.63. The third-order valence-corrected chi connectivity index (χ3v) is 7.91. The van der Waals surface area contributed by atoms with Gasteiger partial charge in [0.15, 0.2) is 23.6 Å². The number of esters is 2. The minimum absolute atomic E-state index is 0.233. The van der Waals surface area contributed by atoms with Crippen molar-refractivity contribution in [2.24, 2.45) is 10.7 Å². The predicted octanol–water partition coefficient (Wildman–Crippen LogP) is 4.67. The lowest BCUT2D eigenvalue weighted by Gasteiger charge is -2.35. The molecule has 1 aliphatic rings. The largest absolute Gasteiger partial charge is 0.497 e. The number of hydrogen-bond acceptors (Lipinski definition) is 11. The fraction of sp³-hybridized carbons (Fsp3) is 0.405. The zero-order valence-corrected chi connectivity index (χ0v) is 29.0. The van der Waals surface area contributed by atoms with Crippen LogP contribution < -0.4 is 25.3 Å². The highest BCUT2D eigenvalue weighted by Crippen LogP contribution is 2.39. The maximum atomic E-state index is 13.2. The molecule has 4 rings (SSSR count). The lowest BCUT2D eigenvalue weighted by molar-refractivity contribution is -0.154. The van der Waals surface area contributed by atoms with Crippen LogP contribution in [0, 0.1) is 0 Å². The van der Waals surface area contributed by atoms with E-state index in [2.05, 4.69) is 10.3 Å². The van der Waals surface area contributed by atoms with Crippen LogP contribution in [0.2, 0.25) is 0 Å². The summed E-state index contributed by atoms with van der Waals surface area (Å²) < 4.78 is 34.7. The summed E-state index contributed by atoms with van der Waals surface area (Å²) in [4.78, 5) is 42.9. The molecule has 3 N–H and O–H groups in total. The number of ether oxygens (including phenoxy) is 6. The number of aliphatic imine (C=N–C) groups is 1. The molecule has 12 heteroatoms. The van der Waals surface area contributed by atoms with Gasteiger partial charge in [0, 0.05) is 5.56 Å². The first-order chi connectivity index (χ1) is 23.3. The minimum atomic E-state index is -1.26. The van der Waals surface area contributed by atoms with E-state index in [-0.39, 0.29) is 24.8 Å². The van der Waals surface area contributed by atoms with E-state index < -0.39 is 47.2 Å². The lowest BCUT2D eigenvalue weighted by atomic mass is 9.92. The second-order valence-corrected chi connectivity index (χ2v) is 12.7. The fourth-order valence-electron chi connectivity index (χ4n) is 5.00. The second-order valence-electron chi connectivity index (χ2n) is 12.7. The number of nitrogens with two attached hydrogens (primary N) is 1. The second kappa shape index (κ2) is 15.9. The van der Waals surface area contributed by atoms with Gasteiger partial charge in [-0.2, -0.15) is 0 Å². The van der Waals surface area contributed by atoms with Crippen molar-refractivity contribution in [3.63, 3.8) is 0 Å². The highest BCUT2D eigenvalue weighted by atomic mass is 16.6. The summed E-state index contributed by atoms with van der Waals surface area (Å²) in [5, 5.41) is 2.56. The van der Waals surface area contributed by atoms with Gasteiger partial charge in [-0.15, -0.1) is 0 Å². The Labute approximate surface area is 286 Å². The SMILES string of the molecule is CC[C@@](C)(Oc1cc([C@H]2OC(c3ccc(OC)cc3)=N[C@@H]2C(=O)OC)ccc1OCc1ccccc1)[C@H](N)C(=O)NCC(=O)OC(C)(C)C. The summed E-state index contributed by atoms with van der Waals surface area (Å²) in [6.07, 6.45) is -0.556. The Morgan fingerprint density at radius 2 is 1.65 bits per heavy atom. The number of hydrogen-bond donors (Lipinski definition) is 2. The maximum absolute atomic E-state index is 13.2. The van der Waals surface area contributed by atoms with Crippen molar-refractivity contribution in [3.8, 4) is 17.2 Å². The number of rotatable bonds is 14. The molecular weight excluding hydrogens is 630 g/mol. The molecular formula is C37H45N3O9. The molecule has 49 heavy (non-hydrogen) atoms. The number of methoxy groups -OCH3 is 2. The molecule has 262 valence electrons. The summed E-state index contributed by atoms with van der Waals surface area (Å²) in [5.41, 5.74) is 6.64. The first kappa shape index (κ1) is 36.7. The van der Waals surface area contributed by atoms with Gasteiger partial charge in [0.2, 0.25) is 11.8 Å². The highest BCUT2D eigenvalue weighted by molar-refractivity contribution is 5.98. The molecule has 0 spiro atoms. The maximum Gasteiger partial charge on any atom is 0.335 e. The van der Waals surface area contributed by atoms with Gasteiger partial charge in [0.25, 0.3) is 0 Å².